The van der Waals surface area contributed by atoms with Crippen molar-refractivity contribution in [1.82, 2.24) is 14.5 Å². The molecule has 1 aromatic rings. The van der Waals surface area contributed by atoms with Crippen LogP contribution >= 0.6 is 0 Å². The van der Waals surface area contributed by atoms with Crippen molar-refractivity contribution in [2.24, 2.45) is 10.9 Å². The molecule has 0 saturated carbocycles. The van der Waals surface area contributed by atoms with Crippen LogP contribution in [0.25, 0.3) is 0 Å². The smallest absolute Gasteiger partial charge is 0.243 e. The summed E-state index contributed by atoms with van der Waals surface area (Å²) in [6.45, 7) is 5.98. The summed E-state index contributed by atoms with van der Waals surface area (Å²) in [5.74, 6) is 1.61. The van der Waals surface area contributed by atoms with E-state index in [9.17, 15) is 8.42 Å². The van der Waals surface area contributed by atoms with Gasteiger partial charge in [0.15, 0.2) is 5.96 Å². The van der Waals surface area contributed by atoms with E-state index in [2.05, 4.69) is 22.1 Å². The molecule has 0 amide bonds. The molecule has 27 heavy (non-hydrogen) atoms. The van der Waals surface area contributed by atoms with E-state index < -0.39 is 10.0 Å². The van der Waals surface area contributed by atoms with E-state index in [-0.39, 0.29) is 0 Å². The zero-order valence-electron chi connectivity index (χ0n) is 16.5. The Hall–Kier alpha value is -1.60. The van der Waals surface area contributed by atoms with Crippen LogP contribution in [0.5, 0.6) is 0 Å². The zero-order valence-corrected chi connectivity index (χ0v) is 17.3. The standard InChI is InChI=1S/C20H32N4O2S/c1-17-10-14-23(15-11-17)20(21-2)22-16-18-8-4-5-9-19(18)27(25,26)24-12-6-3-7-13-24/h4-5,8-9,17H,3,6-7,10-16H2,1-2H3,(H,21,22). The van der Waals surface area contributed by atoms with Gasteiger partial charge in [-0.3, -0.25) is 4.99 Å². The maximum Gasteiger partial charge on any atom is 0.243 e. The fraction of sp³-hybridized carbons (Fsp3) is 0.650. The van der Waals surface area contributed by atoms with Crippen molar-refractivity contribution >= 4 is 16.0 Å². The van der Waals surface area contributed by atoms with Crippen molar-refractivity contribution in [3.8, 4) is 0 Å². The summed E-state index contributed by atoms with van der Waals surface area (Å²) >= 11 is 0. The average molecular weight is 393 g/mol. The number of sulfonamides is 1. The lowest BCUT2D eigenvalue weighted by molar-refractivity contribution is 0.273. The number of benzene rings is 1. The molecule has 0 bridgehead atoms. The van der Waals surface area contributed by atoms with E-state index >= 15 is 0 Å². The normalized spacial score (nSPS) is 20.7. The fourth-order valence-electron chi connectivity index (χ4n) is 3.87. The van der Waals surface area contributed by atoms with Gasteiger partial charge in [-0.2, -0.15) is 4.31 Å². The molecule has 0 radical (unpaired) electrons. The van der Waals surface area contributed by atoms with Crippen LogP contribution in [0.1, 0.15) is 44.6 Å². The molecule has 2 heterocycles. The third-order valence-electron chi connectivity index (χ3n) is 5.64. The van der Waals surface area contributed by atoms with Gasteiger partial charge >= 0.3 is 0 Å². The number of guanidine groups is 1. The Labute approximate surface area is 163 Å². The molecule has 2 aliphatic rings. The summed E-state index contributed by atoms with van der Waals surface area (Å²) in [6, 6.07) is 7.33. The van der Waals surface area contributed by atoms with Crippen LogP contribution in [-0.4, -0.2) is 56.8 Å². The summed E-state index contributed by atoms with van der Waals surface area (Å²) in [5.41, 5.74) is 0.801. The van der Waals surface area contributed by atoms with Gasteiger partial charge in [0.2, 0.25) is 10.0 Å². The highest BCUT2D eigenvalue weighted by molar-refractivity contribution is 7.89. The van der Waals surface area contributed by atoms with E-state index in [1.165, 1.54) is 12.8 Å². The van der Waals surface area contributed by atoms with Gasteiger partial charge < -0.3 is 10.2 Å². The van der Waals surface area contributed by atoms with Crippen LogP contribution < -0.4 is 5.32 Å². The number of hydrogen-bond acceptors (Lipinski definition) is 3. The number of aliphatic imine (C=N–C) groups is 1. The maximum absolute atomic E-state index is 13.1. The fourth-order valence-corrected chi connectivity index (χ4v) is 5.61. The molecule has 150 valence electrons. The number of nitrogens with one attached hydrogen (secondary N) is 1. The van der Waals surface area contributed by atoms with Crippen LogP contribution in [0.3, 0.4) is 0 Å². The molecule has 0 atom stereocenters. The third kappa shape index (κ3) is 4.82. The lowest BCUT2D eigenvalue weighted by atomic mass is 10.00. The van der Waals surface area contributed by atoms with Crippen LogP contribution in [-0.2, 0) is 16.6 Å². The van der Waals surface area contributed by atoms with Crippen molar-refractivity contribution in [3.05, 3.63) is 29.8 Å². The molecular weight excluding hydrogens is 360 g/mol. The summed E-state index contributed by atoms with van der Waals surface area (Å²) in [4.78, 5) is 7.09. The first-order chi connectivity index (χ1) is 13.0. The molecule has 3 rings (SSSR count). The number of nitrogens with zero attached hydrogens (tertiary/aromatic N) is 3. The predicted octanol–water partition coefficient (Wildman–Crippen LogP) is 2.67. The summed E-state index contributed by atoms with van der Waals surface area (Å²) in [6.07, 6.45) is 5.33. The van der Waals surface area contributed by atoms with Gasteiger partial charge in [0.1, 0.15) is 0 Å². The predicted molar refractivity (Wildman–Crippen MR) is 109 cm³/mol. The number of rotatable bonds is 4. The minimum atomic E-state index is -3.44. The molecule has 2 saturated heterocycles. The van der Waals surface area contributed by atoms with Crippen LogP contribution in [0.4, 0.5) is 0 Å². The lowest BCUT2D eigenvalue weighted by Gasteiger charge is -2.33. The Morgan fingerprint density at radius 3 is 2.44 bits per heavy atom. The van der Waals surface area contributed by atoms with E-state index in [0.29, 0.717) is 24.5 Å². The van der Waals surface area contributed by atoms with Crippen molar-refractivity contribution in [2.75, 3.05) is 33.2 Å². The number of likely N-dealkylation sites (tertiary alicyclic amines) is 1. The van der Waals surface area contributed by atoms with Crippen molar-refractivity contribution in [1.29, 1.82) is 0 Å². The Bertz CT molecular complexity index is 749. The first-order valence-electron chi connectivity index (χ1n) is 10.1. The van der Waals surface area contributed by atoms with E-state index in [1.54, 1.807) is 23.5 Å². The van der Waals surface area contributed by atoms with Gasteiger partial charge in [-0.1, -0.05) is 31.5 Å². The Balaban J connectivity index is 1.72. The Morgan fingerprint density at radius 2 is 1.78 bits per heavy atom. The van der Waals surface area contributed by atoms with Gasteiger partial charge in [0.25, 0.3) is 0 Å². The van der Waals surface area contributed by atoms with Gasteiger partial charge in [0, 0.05) is 39.8 Å². The molecule has 1 N–H and O–H groups in total. The molecule has 2 aliphatic heterocycles. The van der Waals surface area contributed by atoms with E-state index in [4.69, 9.17) is 0 Å². The highest BCUT2D eigenvalue weighted by atomic mass is 32.2. The second-order valence-electron chi connectivity index (χ2n) is 7.64. The summed E-state index contributed by atoms with van der Waals surface area (Å²) < 4.78 is 27.9. The van der Waals surface area contributed by atoms with Crippen molar-refractivity contribution < 1.29 is 8.42 Å². The molecule has 0 unspecified atom stereocenters. The van der Waals surface area contributed by atoms with Gasteiger partial charge in [-0.25, -0.2) is 8.42 Å². The second kappa shape index (κ2) is 9.06. The topological polar surface area (TPSA) is 65.0 Å². The van der Waals surface area contributed by atoms with Gasteiger partial charge in [0.05, 0.1) is 4.90 Å². The van der Waals surface area contributed by atoms with E-state index in [0.717, 1.165) is 49.8 Å². The first kappa shape index (κ1) is 20.1. The average Bonchev–Trinajstić information content (AvgIpc) is 2.70. The largest absolute Gasteiger partial charge is 0.352 e. The number of hydrogen-bond donors (Lipinski definition) is 1. The van der Waals surface area contributed by atoms with Crippen LogP contribution in [0.15, 0.2) is 34.2 Å². The minimum absolute atomic E-state index is 0.419. The van der Waals surface area contributed by atoms with E-state index in [1.807, 2.05) is 12.1 Å². The maximum atomic E-state index is 13.1. The quantitative estimate of drug-likeness (QED) is 0.632. The van der Waals surface area contributed by atoms with Crippen molar-refractivity contribution in [2.45, 2.75) is 50.5 Å². The first-order valence-corrected chi connectivity index (χ1v) is 11.5. The van der Waals surface area contributed by atoms with Crippen molar-refractivity contribution in [3.63, 3.8) is 0 Å². The zero-order chi connectivity index (χ0) is 19.3. The molecule has 2 fully saturated rings. The Morgan fingerprint density at radius 1 is 1.11 bits per heavy atom. The second-order valence-corrected chi connectivity index (χ2v) is 9.55. The molecule has 7 heteroatoms. The van der Waals surface area contributed by atoms with Gasteiger partial charge in [-0.05, 0) is 43.2 Å². The summed E-state index contributed by atoms with van der Waals surface area (Å²) in [5, 5.41) is 3.38. The highest BCUT2D eigenvalue weighted by Crippen LogP contribution is 2.23. The third-order valence-corrected chi connectivity index (χ3v) is 7.64. The molecule has 1 aromatic carbocycles. The Kier molecular flexibility index (Phi) is 6.76. The van der Waals surface area contributed by atoms with Crippen LogP contribution in [0, 0.1) is 5.92 Å². The van der Waals surface area contributed by atoms with Crippen LogP contribution in [0.2, 0.25) is 0 Å². The summed E-state index contributed by atoms with van der Waals surface area (Å²) in [7, 11) is -1.65. The molecule has 0 aromatic heterocycles. The monoisotopic (exact) mass is 392 g/mol. The number of piperidine rings is 2. The minimum Gasteiger partial charge on any atom is -0.352 e. The molecule has 0 spiro atoms. The highest BCUT2D eigenvalue weighted by Gasteiger charge is 2.28. The molecule has 0 aliphatic carbocycles. The lowest BCUT2D eigenvalue weighted by Crippen LogP contribution is -2.45. The van der Waals surface area contributed by atoms with Gasteiger partial charge in [-0.15, -0.1) is 0 Å². The SMILES string of the molecule is CN=C(NCc1ccccc1S(=O)(=O)N1CCCCC1)N1CCC(C)CC1. The molecule has 6 nitrogen and oxygen atoms in total. The molecular formula is C20H32N4O2S.